The number of halogens is 1. The van der Waals surface area contributed by atoms with E-state index in [2.05, 4.69) is 0 Å². The molecule has 0 spiro atoms. The third kappa shape index (κ3) is 3.83. The summed E-state index contributed by atoms with van der Waals surface area (Å²) in [6.45, 7) is 0. The van der Waals surface area contributed by atoms with Gasteiger partial charge in [0.2, 0.25) is 0 Å². The Balaban J connectivity index is 0.00000144. The van der Waals surface area contributed by atoms with Crippen molar-refractivity contribution in [2.75, 3.05) is 0 Å². The monoisotopic (exact) mass is 574 g/mol. The Kier molecular flexibility index (Phi) is 6.10. The maximum Gasteiger partial charge on any atom is 3.00 e. The van der Waals surface area contributed by atoms with Gasteiger partial charge in [-0.05, 0) is 0 Å². The molecule has 0 atom stereocenters. The predicted octanol–water partition coefficient (Wildman–Crippen LogP) is 1.45. The molecular weight excluding hydrogens is 559 g/mol. The predicted molar refractivity (Wildman–Crippen MR) is 164 cm³/mol. The number of hydrogen-bond acceptors (Lipinski definition) is 8. The fourth-order valence-corrected chi connectivity index (χ4v) is 5.46. The van der Waals surface area contributed by atoms with Crippen LogP contribution in [0.3, 0.4) is 0 Å². The minimum Gasteiger partial charge on any atom is -1.00 e. The summed E-state index contributed by atoms with van der Waals surface area (Å²) in [5.74, 6) is 4.42. The van der Waals surface area contributed by atoms with Crippen molar-refractivity contribution in [2.24, 2.45) is 39.9 Å². The summed E-state index contributed by atoms with van der Waals surface area (Å²) in [5.41, 5.74) is 7.15. The van der Waals surface area contributed by atoms with E-state index in [-0.39, 0.29) is 29.8 Å². The molecule has 0 saturated heterocycles. The molecule has 8 nitrogen and oxygen atoms in total. The molecule has 10 heteroatoms. The number of nitrogens with zero attached hydrogens (tertiary/aromatic N) is 8. The Morgan fingerprint density at radius 1 is 0.238 bits per heavy atom. The van der Waals surface area contributed by atoms with Crippen LogP contribution in [0.15, 0.2) is 137 Å². The molecule has 192 valence electrons. The average Bonchev–Trinajstić information content (AvgIpc) is 3.73. The van der Waals surface area contributed by atoms with Crippen LogP contribution in [0, 0.1) is 0 Å². The Bertz CT molecular complexity index is 1800. The molecule has 0 amide bonds. The summed E-state index contributed by atoms with van der Waals surface area (Å²) in [5, 5.41) is 0. The zero-order valence-electron chi connectivity index (χ0n) is 21.8. The van der Waals surface area contributed by atoms with E-state index in [0.29, 0.717) is 46.7 Å². The van der Waals surface area contributed by atoms with Gasteiger partial charge in [0.15, 0.2) is 46.7 Å². The van der Waals surface area contributed by atoms with Crippen molar-refractivity contribution < 1.29 is 12.4 Å². The molecule has 4 aromatic rings. The number of benzene rings is 4. The quantitative estimate of drug-likeness (QED) is 0.284. The molecule has 5 heterocycles. The van der Waals surface area contributed by atoms with Crippen LogP contribution in [0.1, 0.15) is 44.5 Å². The fourth-order valence-electron chi connectivity index (χ4n) is 5.46. The first kappa shape index (κ1) is 26.0. The summed E-state index contributed by atoms with van der Waals surface area (Å²) in [6.07, 6.45) is 0. The normalized spacial score (nSPS) is 16.4. The van der Waals surface area contributed by atoms with Gasteiger partial charge >= 0.3 is 17.4 Å². The standard InChI is InChI=1S/C32H16N8.Al.ClH/c1-2-10-18-17(9-1)25-33-26(18)38-28-21-13-5-6-14-22(21)30(35-28)40-32-24-16-8-7-15-23(24)31(36-32)39-29-20-12-4-3-11-19(20)27(34-29)37-25;;/h1-16H;;1H/q;+3;/p-1. The van der Waals surface area contributed by atoms with E-state index in [1.54, 1.807) is 0 Å². The SMILES string of the molecule is [Al+3].[Cl-].c1ccc2c(c1)C1=NC2=NC2=NC(=NC3=NC(=NC4=NC(=N1)c1ccccc14)c1ccccc13)c1ccccc12. The van der Waals surface area contributed by atoms with Crippen LogP contribution >= 0.6 is 0 Å². The summed E-state index contributed by atoms with van der Waals surface area (Å²) in [7, 11) is 0. The molecule has 0 radical (unpaired) electrons. The Labute approximate surface area is 257 Å². The number of amidine groups is 8. The molecule has 4 aromatic carbocycles. The summed E-state index contributed by atoms with van der Waals surface area (Å²) in [6, 6.07) is 31.8. The van der Waals surface area contributed by atoms with E-state index in [9.17, 15) is 0 Å². The average molecular weight is 575 g/mol. The van der Waals surface area contributed by atoms with Gasteiger partial charge in [-0.1, -0.05) is 97.1 Å². The van der Waals surface area contributed by atoms with Gasteiger partial charge in [0, 0.05) is 44.5 Å². The van der Waals surface area contributed by atoms with Crippen molar-refractivity contribution >= 4 is 64.0 Å². The van der Waals surface area contributed by atoms with Crippen LogP contribution in [-0.4, -0.2) is 64.0 Å². The molecule has 5 aliphatic heterocycles. The molecule has 0 unspecified atom stereocenters. The second-order valence-electron chi connectivity index (χ2n) is 9.67. The van der Waals surface area contributed by atoms with Gasteiger partial charge in [-0.15, -0.1) is 0 Å². The molecule has 5 aliphatic rings. The molecule has 0 fully saturated rings. The number of hydrogen-bond donors (Lipinski definition) is 0. The van der Waals surface area contributed by atoms with Crippen molar-refractivity contribution in [3.8, 4) is 0 Å². The first-order valence-electron chi connectivity index (χ1n) is 12.9. The summed E-state index contributed by atoms with van der Waals surface area (Å²) < 4.78 is 0. The Morgan fingerprint density at radius 2 is 0.357 bits per heavy atom. The zero-order chi connectivity index (χ0) is 26.2. The molecule has 0 aromatic heterocycles. The van der Waals surface area contributed by atoms with E-state index >= 15 is 0 Å². The summed E-state index contributed by atoms with van der Waals surface area (Å²) >= 11 is 0. The Hall–Kier alpha value is -4.94. The van der Waals surface area contributed by atoms with Gasteiger partial charge < -0.3 is 12.4 Å². The molecule has 9 rings (SSSR count). The van der Waals surface area contributed by atoms with Gasteiger partial charge in [0.25, 0.3) is 0 Å². The topological polar surface area (TPSA) is 98.9 Å². The Morgan fingerprint density at radius 3 is 0.476 bits per heavy atom. The van der Waals surface area contributed by atoms with Crippen molar-refractivity contribution in [3.05, 3.63) is 142 Å². The van der Waals surface area contributed by atoms with Crippen LogP contribution < -0.4 is 12.4 Å². The number of rotatable bonds is 0. The van der Waals surface area contributed by atoms with E-state index in [0.717, 1.165) is 44.5 Å². The third-order valence-electron chi connectivity index (χ3n) is 7.33. The van der Waals surface area contributed by atoms with Crippen LogP contribution in [-0.2, 0) is 0 Å². The molecular formula is C32H16AlClN8+2. The van der Waals surface area contributed by atoms with Gasteiger partial charge in [-0.25, -0.2) is 39.9 Å². The fraction of sp³-hybridized carbons (Fsp3) is 0. The number of fused-ring (bicyclic) bond motifs is 16. The van der Waals surface area contributed by atoms with Crippen LogP contribution in [0.4, 0.5) is 0 Å². The van der Waals surface area contributed by atoms with Gasteiger partial charge in [0.1, 0.15) is 0 Å². The van der Waals surface area contributed by atoms with Crippen molar-refractivity contribution in [1.29, 1.82) is 0 Å². The van der Waals surface area contributed by atoms with Gasteiger partial charge in [-0.3, -0.25) is 0 Å². The molecule has 8 bridgehead atoms. The van der Waals surface area contributed by atoms with Crippen LogP contribution in [0.25, 0.3) is 0 Å². The van der Waals surface area contributed by atoms with Crippen molar-refractivity contribution in [3.63, 3.8) is 0 Å². The molecule has 0 N–H and O–H groups in total. The zero-order valence-corrected chi connectivity index (χ0v) is 23.7. The molecule has 0 saturated carbocycles. The van der Waals surface area contributed by atoms with E-state index in [4.69, 9.17) is 39.9 Å². The van der Waals surface area contributed by atoms with E-state index < -0.39 is 0 Å². The maximum absolute atomic E-state index is 4.95. The second-order valence-corrected chi connectivity index (χ2v) is 9.67. The molecule has 42 heavy (non-hydrogen) atoms. The number of aliphatic imine (C=N–C) groups is 8. The smallest absolute Gasteiger partial charge is 1.00 e. The third-order valence-corrected chi connectivity index (χ3v) is 7.33. The van der Waals surface area contributed by atoms with Crippen LogP contribution in [0.5, 0.6) is 0 Å². The van der Waals surface area contributed by atoms with Crippen molar-refractivity contribution in [2.45, 2.75) is 0 Å². The molecule has 0 aliphatic carbocycles. The first-order chi connectivity index (χ1) is 19.8. The van der Waals surface area contributed by atoms with Gasteiger partial charge in [0.05, 0.1) is 0 Å². The van der Waals surface area contributed by atoms with E-state index in [1.807, 2.05) is 97.1 Å². The summed E-state index contributed by atoms with van der Waals surface area (Å²) in [4.78, 5) is 39.3. The van der Waals surface area contributed by atoms with Crippen molar-refractivity contribution in [1.82, 2.24) is 0 Å². The van der Waals surface area contributed by atoms with E-state index in [1.165, 1.54) is 0 Å². The minimum atomic E-state index is 0. The second kappa shape index (κ2) is 9.86. The maximum atomic E-state index is 4.95. The van der Waals surface area contributed by atoms with Crippen LogP contribution in [0.2, 0.25) is 0 Å². The minimum absolute atomic E-state index is 0. The van der Waals surface area contributed by atoms with Gasteiger partial charge in [-0.2, -0.15) is 0 Å². The first-order valence-corrected chi connectivity index (χ1v) is 12.9. The largest absolute Gasteiger partial charge is 3.00 e.